The number of hydrogen-bond acceptors (Lipinski definition) is 6. The maximum absolute atomic E-state index is 12.7. The van der Waals surface area contributed by atoms with Gasteiger partial charge in [0.05, 0.1) is 31.3 Å². The van der Waals surface area contributed by atoms with Crippen molar-refractivity contribution >= 4 is 17.3 Å². The molecule has 0 atom stereocenters. The summed E-state index contributed by atoms with van der Waals surface area (Å²) in [6, 6.07) is 11.5. The maximum atomic E-state index is 12.7. The van der Waals surface area contributed by atoms with Gasteiger partial charge in [0.2, 0.25) is 0 Å². The highest BCUT2D eigenvalue weighted by atomic mass is 16.6. The number of nitrogens with one attached hydrogen (secondary N) is 1. The summed E-state index contributed by atoms with van der Waals surface area (Å²) in [6.45, 7) is 2.66. The van der Waals surface area contributed by atoms with E-state index in [1.165, 1.54) is 19.2 Å². The van der Waals surface area contributed by atoms with E-state index in [9.17, 15) is 14.9 Å². The molecule has 0 bridgehead atoms. The number of aromatic nitrogens is 2. The van der Waals surface area contributed by atoms with Crippen LogP contribution in [0, 0.1) is 10.1 Å². The highest BCUT2D eigenvalue weighted by Gasteiger charge is 2.24. The van der Waals surface area contributed by atoms with Gasteiger partial charge in [-0.2, -0.15) is 5.10 Å². The minimum Gasteiger partial charge on any atom is -0.493 e. The van der Waals surface area contributed by atoms with E-state index in [1.807, 2.05) is 24.4 Å². The normalized spacial score (nSPS) is 10.4. The zero-order valence-electron chi connectivity index (χ0n) is 16.0. The van der Waals surface area contributed by atoms with Gasteiger partial charge in [0.25, 0.3) is 11.6 Å². The van der Waals surface area contributed by atoms with Gasteiger partial charge in [0.1, 0.15) is 5.56 Å². The Balaban J connectivity index is 1.81. The first kappa shape index (κ1) is 19.9. The van der Waals surface area contributed by atoms with Gasteiger partial charge in [-0.25, -0.2) is 0 Å². The molecule has 0 aliphatic rings. The molecule has 0 radical (unpaired) electrons. The Kier molecular flexibility index (Phi) is 6.08. The Bertz CT molecular complexity index is 1000. The van der Waals surface area contributed by atoms with Gasteiger partial charge in [-0.1, -0.05) is 12.1 Å². The lowest BCUT2D eigenvalue weighted by Crippen LogP contribution is -2.14. The Morgan fingerprint density at radius 2 is 2.00 bits per heavy atom. The van der Waals surface area contributed by atoms with Gasteiger partial charge in [-0.15, -0.1) is 0 Å². The van der Waals surface area contributed by atoms with Crippen LogP contribution in [-0.2, 0) is 6.54 Å². The average Bonchev–Trinajstić information content (AvgIpc) is 3.22. The third kappa shape index (κ3) is 4.70. The fraction of sp³-hybridized carbons (Fsp3) is 0.200. The van der Waals surface area contributed by atoms with E-state index < -0.39 is 10.8 Å². The van der Waals surface area contributed by atoms with Crippen LogP contribution in [0.2, 0.25) is 0 Å². The Morgan fingerprint density at radius 3 is 2.59 bits per heavy atom. The largest absolute Gasteiger partial charge is 0.493 e. The molecule has 9 heteroatoms. The number of rotatable bonds is 8. The second-order valence-electron chi connectivity index (χ2n) is 6.07. The van der Waals surface area contributed by atoms with Crippen molar-refractivity contribution in [2.24, 2.45) is 0 Å². The number of nitro benzene ring substituents is 1. The maximum Gasteiger partial charge on any atom is 0.286 e. The van der Waals surface area contributed by atoms with Crippen molar-refractivity contribution in [3.63, 3.8) is 0 Å². The van der Waals surface area contributed by atoms with Crippen molar-refractivity contribution in [3.8, 4) is 11.5 Å². The summed E-state index contributed by atoms with van der Waals surface area (Å²) < 4.78 is 12.3. The third-order valence-corrected chi connectivity index (χ3v) is 4.14. The predicted molar refractivity (Wildman–Crippen MR) is 107 cm³/mol. The van der Waals surface area contributed by atoms with Gasteiger partial charge >= 0.3 is 0 Å². The van der Waals surface area contributed by atoms with Gasteiger partial charge in [0, 0.05) is 24.1 Å². The monoisotopic (exact) mass is 396 g/mol. The highest BCUT2D eigenvalue weighted by Crippen LogP contribution is 2.35. The Labute approximate surface area is 167 Å². The minimum atomic E-state index is -0.621. The van der Waals surface area contributed by atoms with Gasteiger partial charge in [-0.05, 0) is 30.7 Å². The van der Waals surface area contributed by atoms with E-state index in [0.717, 1.165) is 5.56 Å². The first-order chi connectivity index (χ1) is 14.0. The zero-order chi connectivity index (χ0) is 20.8. The second kappa shape index (κ2) is 8.87. The number of nitrogens with zero attached hydrogens (tertiary/aromatic N) is 3. The SMILES string of the molecule is CCOc1cc([N+](=O)[O-])c(C(=O)Nc2ccc(Cn3cccn3)cc2)cc1OC. The van der Waals surface area contributed by atoms with Crippen molar-refractivity contribution in [1.29, 1.82) is 0 Å². The van der Waals surface area contributed by atoms with Crippen LogP contribution in [0.4, 0.5) is 11.4 Å². The Morgan fingerprint density at radius 1 is 1.24 bits per heavy atom. The van der Waals surface area contributed by atoms with Crippen LogP contribution in [-0.4, -0.2) is 34.3 Å². The summed E-state index contributed by atoms with van der Waals surface area (Å²) >= 11 is 0. The number of amides is 1. The molecule has 1 heterocycles. The molecule has 1 amide bonds. The molecule has 0 aliphatic heterocycles. The number of carbonyl (C=O) groups excluding carboxylic acids is 1. The van der Waals surface area contributed by atoms with Crippen LogP contribution in [0.1, 0.15) is 22.8 Å². The second-order valence-corrected chi connectivity index (χ2v) is 6.07. The van der Waals surface area contributed by atoms with Gasteiger partial charge < -0.3 is 14.8 Å². The Hall–Kier alpha value is -3.88. The molecule has 9 nitrogen and oxygen atoms in total. The predicted octanol–water partition coefficient (Wildman–Crippen LogP) is 3.50. The molecule has 1 aromatic heterocycles. The summed E-state index contributed by atoms with van der Waals surface area (Å²) in [7, 11) is 1.41. The van der Waals surface area contributed by atoms with Crippen LogP contribution in [0.5, 0.6) is 11.5 Å². The minimum absolute atomic E-state index is 0.115. The lowest BCUT2D eigenvalue weighted by atomic mass is 10.1. The molecule has 0 aliphatic carbocycles. The van der Waals surface area contributed by atoms with E-state index in [4.69, 9.17) is 9.47 Å². The molecular formula is C20H20N4O5. The fourth-order valence-corrected chi connectivity index (χ4v) is 2.78. The van der Waals surface area contributed by atoms with Crippen molar-refractivity contribution in [2.75, 3.05) is 19.0 Å². The van der Waals surface area contributed by atoms with E-state index >= 15 is 0 Å². The smallest absolute Gasteiger partial charge is 0.286 e. The number of hydrogen-bond donors (Lipinski definition) is 1. The van der Waals surface area contributed by atoms with Crippen molar-refractivity contribution in [1.82, 2.24) is 9.78 Å². The van der Waals surface area contributed by atoms with Gasteiger partial charge in [0.15, 0.2) is 11.5 Å². The van der Waals surface area contributed by atoms with Crippen LogP contribution >= 0.6 is 0 Å². The molecule has 29 heavy (non-hydrogen) atoms. The number of benzene rings is 2. The first-order valence-corrected chi connectivity index (χ1v) is 8.88. The molecule has 0 saturated carbocycles. The number of ether oxygens (including phenoxy) is 2. The molecule has 0 saturated heterocycles. The summed E-state index contributed by atoms with van der Waals surface area (Å²) in [5.41, 5.74) is 1.04. The van der Waals surface area contributed by atoms with Gasteiger partial charge in [-0.3, -0.25) is 19.6 Å². The van der Waals surface area contributed by atoms with Crippen LogP contribution in [0.25, 0.3) is 0 Å². The summed E-state index contributed by atoms with van der Waals surface area (Å²) in [4.78, 5) is 23.5. The average molecular weight is 396 g/mol. The number of anilines is 1. The molecule has 0 unspecified atom stereocenters. The van der Waals surface area contributed by atoms with Crippen LogP contribution in [0.15, 0.2) is 54.9 Å². The molecule has 2 aromatic carbocycles. The van der Waals surface area contributed by atoms with E-state index in [-0.39, 0.29) is 22.7 Å². The number of nitro groups is 1. The third-order valence-electron chi connectivity index (χ3n) is 4.14. The quantitative estimate of drug-likeness (QED) is 0.461. The lowest BCUT2D eigenvalue weighted by molar-refractivity contribution is -0.385. The van der Waals surface area contributed by atoms with E-state index in [2.05, 4.69) is 10.4 Å². The highest BCUT2D eigenvalue weighted by molar-refractivity contribution is 6.07. The van der Waals surface area contributed by atoms with E-state index in [1.54, 1.807) is 29.9 Å². The van der Waals surface area contributed by atoms with E-state index in [0.29, 0.717) is 18.8 Å². The van der Waals surface area contributed by atoms with Crippen molar-refractivity contribution in [3.05, 3.63) is 76.1 Å². The molecule has 0 fully saturated rings. The summed E-state index contributed by atoms with van der Waals surface area (Å²) in [6.07, 6.45) is 3.56. The standard InChI is InChI=1S/C20H20N4O5/c1-3-29-19-12-17(24(26)27)16(11-18(19)28-2)20(25)22-15-7-5-14(6-8-15)13-23-10-4-9-21-23/h4-12H,3,13H2,1-2H3,(H,22,25). The summed E-state index contributed by atoms with van der Waals surface area (Å²) in [5.74, 6) is -0.156. The number of methoxy groups -OCH3 is 1. The topological polar surface area (TPSA) is 109 Å². The molecule has 150 valence electrons. The molecule has 1 N–H and O–H groups in total. The molecule has 0 spiro atoms. The fourth-order valence-electron chi connectivity index (χ4n) is 2.78. The van der Waals surface area contributed by atoms with Crippen molar-refractivity contribution in [2.45, 2.75) is 13.5 Å². The van der Waals surface area contributed by atoms with Crippen molar-refractivity contribution < 1.29 is 19.2 Å². The summed E-state index contributed by atoms with van der Waals surface area (Å²) in [5, 5.41) is 18.3. The molecule has 3 rings (SSSR count). The lowest BCUT2D eigenvalue weighted by Gasteiger charge is -2.12. The zero-order valence-corrected chi connectivity index (χ0v) is 16.0. The molecular weight excluding hydrogens is 376 g/mol. The first-order valence-electron chi connectivity index (χ1n) is 8.88. The van der Waals surface area contributed by atoms with Crippen LogP contribution in [0.3, 0.4) is 0 Å². The van der Waals surface area contributed by atoms with Crippen LogP contribution < -0.4 is 14.8 Å². The number of carbonyl (C=O) groups is 1. The molecule has 3 aromatic rings.